The van der Waals surface area contributed by atoms with E-state index in [0.29, 0.717) is 24.7 Å². The quantitative estimate of drug-likeness (QED) is 0.788. The smallest absolute Gasteiger partial charge is 0.228 e. The average Bonchev–Trinajstić information content (AvgIpc) is 3.23. The number of hydrogen-bond acceptors (Lipinski definition) is 4. The van der Waals surface area contributed by atoms with Crippen LogP contribution in [0.1, 0.15) is 19.3 Å². The zero-order chi connectivity index (χ0) is 16.3. The van der Waals surface area contributed by atoms with Crippen molar-refractivity contribution in [1.29, 1.82) is 0 Å². The number of anilines is 1. The first kappa shape index (κ1) is 16.2. The van der Waals surface area contributed by atoms with Crippen LogP contribution in [-0.4, -0.2) is 39.3 Å². The second-order valence-corrected chi connectivity index (χ2v) is 6.34. The highest BCUT2D eigenvalue weighted by Gasteiger charge is 2.57. The molecular formula is C17H23FN2O3. The lowest BCUT2D eigenvalue weighted by molar-refractivity contribution is -0.118. The highest BCUT2D eigenvalue weighted by molar-refractivity contribution is 5.96. The van der Waals surface area contributed by atoms with E-state index in [1.165, 1.54) is 18.2 Å². The Morgan fingerprint density at radius 2 is 2.17 bits per heavy atom. The second-order valence-electron chi connectivity index (χ2n) is 6.34. The van der Waals surface area contributed by atoms with Crippen LogP contribution in [-0.2, 0) is 9.53 Å². The van der Waals surface area contributed by atoms with E-state index >= 15 is 0 Å². The summed E-state index contributed by atoms with van der Waals surface area (Å²) in [4.78, 5) is 12.5. The van der Waals surface area contributed by atoms with Gasteiger partial charge in [-0.2, -0.15) is 0 Å². The number of benzene rings is 1. The van der Waals surface area contributed by atoms with E-state index in [9.17, 15) is 9.18 Å². The maximum absolute atomic E-state index is 13.5. The number of piperidine rings is 1. The molecule has 1 atom stereocenters. The van der Waals surface area contributed by atoms with Gasteiger partial charge in [-0.05, 0) is 49.9 Å². The van der Waals surface area contributed by atoms with E-state index in [-0.39, 0.29) is 17.2 Å². The molecule has 2 fully saturated rings. The number of ether oxygens (including phenoxy) is 2. The number of nitrogens with one attached hydrogen (secondary N) is 2. The number of amides is 1. The maximum atomic E-state index is 13.5. The number of halogens is 1. The van der Waals surface area contributed by atoms with Gasteiger partial charge in [0.15, 0.2) is 0 Å². The lowest BCUT2D eigenvalue weighted by Crippen LogP contribution is -2.31. The minimum absolute atomic E-state index is 0.0275. The summed E-state index contributed by atoms with van der Waals surface area (Å²) >= 11 is 0. The summed E-state index contributed by atoms with van der Waals surface area (Å²) in [5.74, 6) is 0.0670. The molecule has 1 aromatic carbocycles. The highest BCUT2D eigenvalue weighted by atomic mass is 19.1. The highest BCUT2D eigenvalue weighted by Crippen LogP contribution is 2.58. The van der Waals surface area contributed by atoms with Crippen molar-refractivity contribution in [3.05, 3.63) is 24.0 Å². The first-order valence-corrected chi connectivity index (χ1v) is 8.07. The molecule has 1 heterocycles. The van der Waals surface area contributed by atoms with Gasteiger partial charge in [0, 0.05) is 19.1 Å². The average molecular weight is 322 g/mol. The predicted molar refractivity (Wildman–Crippen MR) is 85.0 cm³/mol. The molecule has 3 rings (SSSR count). The summed E-state index contributed by atoms with van der Waals surface area (Å²) < 4.78 is 24.0. The van der Waals surface area contributed by atoms with E-state index in [1.54, 1.807) is 7.11 Å². The van der Waals surface area contributed by atoms with Crippen molar-refractivity contribution in [1.82, 2.24) is 5.32 Å². The van der Waals surface area contributed by atoms with Crippen molar-refractivity contribution < 1.29 is 18.7 Å². The number of methoxy groups -OCH3 is 1. The Morgan fingerprint density at radius 1 is 1.39 bits per heavy atom. The predicted octanol–water partition coefficient (Wildman–Crippen LogP) is 2.18. The van der Waals surface area contributed by atoms with Gasteiger partial charge in [0.1, 0.15) is 18.2 Å². The summed E-state index contributed by atoms with van der Waals surface area (Å²) in [6.45, 7) is 2.72. The van der Waals surface area contributed by atoms with Crippen molar-refractivity contribution in [3.8, 4) is 5.75 Å². The molecule has 1 saturated carbocycles. The molecule has 2 N–H and O–H groups in total. The second kappa shape index (κ2) is 6.84. The molecule has 1 amide bonds. The summed E-state index contributed by atoms with van der Waals surface area (Å²) in [6.07, 6.45) is 2.99. The third-order valence-electron chi connectivity index (χ3n) is 4.85. The minimum Gasteiger partial charge on any atom is -0.489 e. The largest absolute Gasteiger partial charge is 0.489 e. The van der Waals surface area contributed by atoms with Crippen LogP contribution in [0.2, 0.25) is 0 Å². The Balaban J connectivity index is 1.65. The fourth-order valence-electron chi connectivity index (χ4n) is 3.38. The van der Waals surface area contributed by atoms with Gasteiger partial charge < -0.3 is 20.1 Å². The molecule has 6 heteroatoms. The topological polar surface area (TPSA) is 59.6 Å². The molecule has 0 aromatic heterocycles. The van der Waals surface area contributed by atoms with Gasteiger partial charge in [0.25, 0.3) is 0 Å². The van der Waals surface area contributed by atoms with Crippen LogP contribution in [0.15, 0.2) is 18.2 Å². The SMILES string of the molecule is COCCOc1ccc(F)cc1NC(=O)C1CC12CCNCC2. The number of hydrogen-bond donors (Lipinski definition) is 2. The van der Waals surface area contributed by atoms with E-state index in [4.69, 9.17) is 9.47 Å². The third kappa shape index (κ3) is 3.64. The monoisotopic (exact) mass is 322 g/mol. The summed E-state index contributed by atoms with van der Waals surface area (Å²) in [5.41, 5.74) is 0.543. The number of rotatable bonds is 6. The normalized spacial score (nSPS) is 21.9. The van der Waals surface area contributed by atoms with Crippen LogP contribution in [0.5, 0.6) is 5.75 Å². The fourth-order valence-corrected chi connectivity index (χ4v) is 3.38. The van der Waals surface area contributed by atoms with Crippen molar-refractivity contribution in [2.75, 3.05) is 38.7 Å². The standard InChI is InChI=1S/C17H23FN2O3/c1-22-8-9-23-15-3-2-12(18)10-14(15)20-16(21)13-11-17(13)4-6-19-7-5-17/h2-3,10,13,19H,4-9,11H2,1H3,(H,20,21). The van der Waals surface area contributed by atoms with Crippen molar-refractivity contribution in [2.24, 2.45) is 11.3 Å². The third-order valence-corrected chi connectivity index (χ3v) is 4.85. The molecule has 1 aromatic rings. The van der Waals surface area contributed by atoms with E-state index < -0.39 is 5.82 Å². The van der Waals surface area contributed by atoms with Crippen LogP contribution in [0.4, 0.5) is 10.1 Å². The van der Waals surface area contributed by atoms with Gasteiger partial charge in [-0.25, -0.2) is 4.39 Å². The van der Waals surface area contributed by atoms with Gasteiger partial charge in [0.05, 0.1) is 12.3 Å². The lowest BCUT2D eigenvalue weighted by Gasteiger charge is -2.23. The molecule has 1 unspecified atom stereocenters. The Kier molecular flexibility index (Phi) is 4.82. The number of carbonyl (C=O) groups excluding carboxylic acids is 1. The first-order valence-electron chi connectivity index (χ1n) is 8.07. The molecule has 23 heavy (non-hydrogen) atoms. The van der Waals surface area contributed by atoms with Gasteiger partial charge in [-0.15, -0.1) is 0 Å². The zero-order valence-corrected chi connectivity index (χ0v) is 13.4. The molecule has 0 radical (unpaired) electrons. The van der Waals surface area contributed by atoms with E-state index in [0.717, 1.165) is 32.4 Å². The first-order chi connectivity index (χ1) is 11.1. The molecule has 5 nitrogen and oxygen atoms in total. The zero-order valence-electron chi connectivity index (χ0n) is 13.4. The molecule has 126 valence electrons. The molecule has 1 aliphatic carbocycles. The van der Waals surface area contributed by atoms with Gasteiger partial charge in [-0.1, -0.05) is 0 Å². The summed E-state index contributed by atoms with van der Waals surface area (Å²) in [5, 5.41) is 6.17. The molecular weight excluding hydrogens is 299 g/mol. The Labute approximate surface area is 135 Å². The number of carbonyl (C=O) groups is 1. The van der Waals surface area contributed by atoms with Crippen LogP contribution in [0.25, 0.3) is 0 Å². The van der Waals surface area contributed by atoms with Crippen LogP contribution < -0.4 is 15.4 Å². The Morgan fingerprint density at radius 3 is 2.91 bits per heavy atom. The van der Waals surface area contributed by atoms with Gasteiger partial charge >= 0.3 is 0 Å². The van der Waals surface area contributed by atoms with Crippen molar-refractivity contribution >= 4 is 11.6 Å². The molecule has 1 spiro atoms. The Bertz CT molecular complexity index is 573. The summed E-state index contributed by atoms with van der Waals surface area (Å²) in [6, 6.07) is 4.16. The fraction of sp³-hybridized carbons (Fsp3) is 0.588. The molecule has 1 saturated heterocycles. The minimum atomic E-state index is -0.397. The lowest BCUT2D eigenvalue weighted by atomic mass is 9.92. The van der Waals surface area contributed by atoms with Crippen molar-refractivity contribution in [2.45, 2.75) is 19.3 Å². The van der Waals surface area contributed by atoms with Gasteiger partial charge in [-0.3, -0.25) is 4.79 Å². The van der Waals surface area contributed by atoms with Crippen LogP contribution in [0, 0.1) is 17.2 Å². The maximum Gasteiger partial charge on any atom is 0.228 e. The van der Waals surface area contributed by atoms with E-state index in [1.807, 2.05) is 0 Å². The van der Waals surface area contributed by atoms with Crippen molar-refractivity contribution in [3.63, 3.8) is 0 Å². The molecule has 0 bridgehead atoms. The van der Waals surface area contributed by atoms with Crippen LogP contribution >= 0.6 is 0 Å². The molecule has 2 aliphatic rings. The Hall–Kier alpha value is -1.66. The van der Waals surface area contributed by atoms with Gasteiger partial charge in [0.2, 0.25) is 5.91 Å². The molecule has 1 aliphatic heterocycles. The van der Waals surface area contributed by atoms with Crippen LogP contribution in [0.3, 0.4) is 0 Å². The summed E-state index contributed by atoms with van der Waals surface area (Å²) in [7, 11) is 1.59. The van der Waals surface area contributed by atoms with E-state index in [2.05, 4.69) is 10.6 Å².